The number of furan rings is 1. The summed E-state index contributed by atoms with van der Waals surface area (Å²) in [6.07, 6.45) is 1.32. The summed E-state index contributed by atoms with van der Waals surface area (Å²) in [5, 5.41) is 12.8. The van der Waals surface area contributed by atoms with Gasteiger partial charge in [0, 0.05) is 22.6 Å². The number of carboxylic acids is 1. The third-order valence-corrected chi connectivity index (χ3v) is 5.57. The molecule has 0 saturated carbocycles. The molecule has 0 fully saturated rings. The first-order valence-electron chi connectivity index (χ1n) is 11.7. The van der Waals surface area contributed by atoms with E-state index in [-0.39, 0.29) is 18.1 Å². The maximum atomic E-state index is 12.5. The van der Waals surface area contributed by atoms with Gasteiger partial charge in [-0.05, 0) is 74.5 Å². The number of aromatic nitrogens is 1. The van der Waals surface area contributed by atoms with Crippen LogP contribution in [0.15, 0.2) is 76.2 Å². The van der Waals surface area contributed by atoms with Crippen molar-refractivity contribution in [2.75, 3.05) is 13.7 Å². The minimum atomic E-state index is -1.14. The molecule has 2 aromatic carbocycles. The van der Waals surface area contributed by atoms with E-state index in [0.29, 0.717) is 22.8 Å². The minimum Gasteiger partial charge on any atom is -0.493 e. The smallest absolute Gasteiger partial charge is 0.341 e. The standard InChI is InChI=1S/C28H27N3O7/c1-18-7-8-19(2)31(18)21-9-11-22(12-10-21)36-16-23-13-14-25(38-23)28(34)30-29-15-20-5-4-6-24(35-3)27(20)37-17-26(32)33/h4-15H,16-17H2,1-3H3,(H,30,34)(H,32,33). The molecule has 0 saturated heterocycles. The zero-order valence-electron chi connectivity index (χ0n) is 21.1. The average Bonchev–Trinajstić information content (AvgIpc) is 3.52. The molecule has 38 heavy (non-hydrogen) atoms. The fraction of sp³-hybridized carbons (Fsp3) is 0.179. The molecule has 10 heteroatoms. The van der Waals surface area contributed by atoms with Crippen LogP contribution in [0.25, 0.3) is 5.69 Å². The van der Waals surface area contributed by atoms with E-state index in [1.807, 2.05) is 24.3 Å². The van der Waals surface area contributed by atoms with E-state index in [1.165, 1.54) is 19.4 Å². The van der Waals surface area contributed by atoms with E-state index in [2.05, 4.69) is 41.1 Å². The Balaban J connectivity index is 1.33. The van der Waals surface area contributed by atoms with Crippen molar-refractivity contribution in [2.45, 2.75) is 20.5 Å². The number of para-hydroxylation sites is 1. The molecule has 4 aromatic rings. The number of ether oxygens (including phenoxy) is 3. The lowest BCUT2D eigenvalue weighted by Crippen LogP contribution is -2.17. The molecule has 0 unspecified atom stereocenters. The Morgan fingerprint density at radius 3 is 2.42 bits per heavy atom. The van der Waals surface area contributed by atoms with E-state index in [1.54, 1.807) is 24.3 Å². The summed E-state index contributed by atoms with van der Waals surface area (Å²) in [5.41, 5.74) is 6.14. The first-order valence-corrected chi connectivity index (χ1v) is 11.7. The fourth-order valence-corrected chi connectivity index (χ4v) is 3.80. The van der Waals surface area contributed by atoms with Gasteiger partial charge in [-0.1, -0.05) is 6.07 Å². The maximum Gasteiger partial charge on any atom is 0.341 e. The number of methoxy groups -OCH3 is 1. The molecule has 1 amide bonds. The van der Waals surface area contributed by atoms with Crippen LogP contribution in [0.4, 0.5) is 0 Å². The molecule has 2 aromatic heterocycles. The van der Waals surface area contributed by atoms with Gasteiger partial charge < -0.3 is 28.3 Å². The van der Waals surface area contributed by atoms with E-state index in [4.69, 9.17) is 23.7 Å². The predicted octanol–water partition coefficient (Wildman–Crippen LogP) is 4.50. The van der Waals surface area contributed by atoms with Crippen LogP contribution in [0.3, 0.4) is 0 Å². The van der Waals surface area contributed by atoms with Crippen LogP contribution in [0.5, 0.6) is 17.2 Å². The van der Waals surface area contributed by atoms with Crippen molar-refractivity contribution < 1.29 is 33.3 Å². The van der Waals surface area contributed by atoms with Gasteiger partial charge in [0.2, 0.25) is 0 Å². The normalized spacial score (nSPS) is 10.9. The first kappa shape index (κ1) is 26.1. The number of carbonyl (C=O) groups is 2. The Kier molecular flexibility index (Phi) is 8.12. The van der Waals surface area contributed by atoms with Crippen molar-refractivity contribution in [3.05, 3.63) is 95.2 Å². The highest BCUT2D eigenvalue weighted by molar-refractivity contribution is 5.93. The van der Waals surface area contributed by atoms with Gasteiger partial charge in [0.15, 0.2) is 23.9 Å². The molecule has 0 spiro atoms. The van der Waals surface area contributed by atoms with Crippen molar-refractivity contribution in [1.29, 1.82) is 0 Å². The van der Waals surface area contributed by atoms with Crippen LogP contribution in [0, 0.1) is 13.8 Å². The van der Waals surface area contributed by atoms with Crippen molar-refractivity contribution in [3.63, 3.8) is 0 Å². The molecular weight excluding hydrogens is 490 g/mol. The number of rotatable bonds is 11. The monoisotopic (exact) mass is 517 g/mol. The highest BCUT2D eigenvalue weighted by Crippen LogP contribution is 2.30. The lowest BCUT2D eigenvalue weighted by Gasteiger charge is -2.11. The van der Waals surface area contributed by atoms with E-state index >= 15 is 0 Å². The highest BCUT2D eigenvalue weighted by atomic mass is 16.5. The molecule has 0 aliphatic heterocycles. The molecule has 0 aliphatic rings. The van der Waals surface area contributed by atoms with E-state index in [9.17, 15) is 9.59 Å². The number of nitrogens with one attached hydrogen (secondary N) is 1. The molecule has 0 radical (unpaired) electrons. The summed E-state index contributed by atoms with van der Waals surface area (Å²) in [6.45, 7) is 3.70. The van der Waals surface area contributed by atoms with Crippen LogP contribution in [0.1, 0.15) is 33.3 Å². The Hall–Kier alpha value is -4.99. The largest absolute Gasteiger partial charge is 0.493 e. The highest BCUT2D eigenvalue weighted by Gasteiger charge is 2.13. The molecular formula is C28H27N3O7. The van der Waals surface area contributed by atoms with Gasteiger partial charge >= 0.3 is 11.9 Å². The molecule has 4 rings (SSSR count). The van der Waals surface area contributed by atoms with Crippen LogP contribution in [-0.2, 0) is 11.4 Å². The van der Waals surface area contributed by atoms with Gasteiger partial charge in [-0.15, -0.1) is 0 Å². The second-order valence-electron chi connectivity index (χ2n) is 8.26. The van der Waals surface area contributed by atoms with Gasteiger partial charge in [0.1, 0.15) is 18.1 Å². The van der Waals surface area contributed by atoms with Crippen molar-refractivity contribution in [3.8, 4) is 22.9 Å². The van der Waals surface area contributed by atoms with Crippen molar-refractivity contribution in [2.24, 2.45) is 5.10 Å². The topological polar surface area (TPSA) is 125 Å². The van der Waals surface area contributed by atoms with Gasteiger partial charge in [-0.25, -0.2) is 10.2 Å². The number of hydrogen-bond acceptors (Lipinski definition) is 7. The Morgan fingerprint density at radius 2 is 1.74 bits per heavy atom. The Bertz CT molecular complexity index is 1430. The molecule has 0 aliphatic carbocycles. The van der Waals surface area contributed by atoms with E-state index in [0.717, 1.165) is 17.1 Å². The Labute approximate surface area is 219 Å². The number of benzene rings is 2. The number of hydrazone groups is 1. The van der Waals surface area contributed by atoms with Gasteiger partial charge in [0.05, 0.1) is 13.3 Å². The van der Waals surface area contributed by atoms with Gasteiger partial charge in [0.25, 0.3) is 0 Å². The predicted molar refractivity (Wildman–Crippen MR) is 139 cm³/mol. The first-order chi connectivity index (χ1) is 18.4. The number of nitrogens with zero attached hydrogens (tertiary/aromatic N) is 2. The van der Waals surface area contributed by atoms with Crippen molar-refractivity contribution >= 4 is 18.1 Å². The quantitative estimate of drug-likeness (QED) is 0.222. The lowest BCUT2D eigenvalue weighted by molar-refractivity contribution is -0.139. The van der Waals surface area contributed by atoms with Crippen LogP contribution < -0.4 is 19.6 Å². The molecule has 2 N–H and O–H groups in total. The number of aliphatic carboxylic acids is 1. The zero-order valence-corrected chi connectivity index (χ0v) is 21.1. The SMILES string of the molecule is COc1cccc(C=NNC(=O)c2ccc(COc3ccc(-n4c(C)ccc4C)cc3)o2)c1OCC(=O)O. The summed E-state index contributed by atoms with van der Waals surface area (Å²) in [4.78, 5) is 23.3. The second kappa shape index (κ2) is 11.8. The van der Waals surface area contributed by atoms with Crippen LogP contribution >= 0.6 is 0 Å². The summed E-state index contributed by atoms with van der Waals surface area (Å²) in [5.74, 6) is 0.0258. The summed E-state index contributed by atoms with van der Waals surface area (Å²) >= 11 is 0. The average molecular weight is 518 g/mol. The maximum absolute atomic E-state index is 12.5. The summed E-state index contributed by atoms with van der Waals surface area (Å²) < 4.78 is 24.1. The van der Waals surface area contributed by atoms with E-state index < -0.39 is 18.5 Å². The fourth-order valence-electron chi connectivity index (χ4n) is 3.80. The third-order valence-electron chi connectivity index (χ3n) is 5.57. The zero-order chi connectivity index (χ0) is 27.1. The number of hydrogen-bond donors (Lipinski definition) is 2. The van der Waals surface area contributed by atoms with Gasteiger partial charge in [-0.3, -0.25) is 4.79 Å². The van der Waals surface area contributed by atoms with Gasteiger partial charge in [-0.2, -0.15) is 5.10 Å². The molecule has 0 atom stereocenters. The summed E-state index contributed by atoms with van der Waals surface area (Å²) in [7, 11) is 1.43. The second-order valence-corrected chi connectivity index (χ2v) is 8.26. The number of carboxylic acid groups (broad SMARTS) is 1. The van der Waals surface area contributed by atoms with Crippen LogP contribution in [0.2, 0.25) is 0 Å². The molecule has 196 valence electrons. The van der Waals surface area contributed by atoms with Crippen LogP contribution in [-0.4, -0.2) is 41.5 Å². The third kappa shape index (κ3) is 6.22. The number of carbonyl (C=O) groups excluding carboxylic acids is 1. The lowest BCUT2D eigenvalue weighted by atomic mass is 10.2. The minimum absolute atomic E-state index is 0.0580. The molecule has 10 nitrogen and oxygen atoms in total. The Morgan fingerprint density at radius 1 is 1.00 bits per heavy atom. The number of aryl methyl sites for hydroxylation is 2. The summed E-state index contributed by atoms with van der Waals surface area (Å²) in [6, 6.07) is 20.0. The molecule has 0 bridgehead atoms. The number of amides is 1. The van der Waals surface area contributed by atoms with Crippen molar-refractivity contribution in [1.82, 2.24) is 9.99 Å². The molecule has 2 heterocycles.